The van der Waals surface area contributed by atoms with Gasteiger partial charge >= 0.3 is 0 Å². The first-order chi connectivity index (χ1) is 14.0. The zero-order valence-corrected chi connectivity index (χ0v) is 16.4. The average molecular weight is 386 g/mol. The van der Waals surface area contributed by atoms with Gasteiger partial charge in [-0.15, -0.1) is 0 Å². The number of hydrogen-bond acceptors (Lipinski definition) is 3. The van der Waals surface area contributed by atoms with E-state index in [0.717, 1.165) is 5.69 Å². The van der Waals surface area contributed by atoms with Crippen LogP contribution in [0.1, 0.15) is 44.9 Å². The van der Waals surface area contributed by atoms with Crippen LogP contribution in [0.25, 0.3) is 0 Å². The van der Waals surface area contributed by atoms with Crippen molar-refractivity contribution in [3.8, 4) is 0 Å². The molecule has 0 saturated heterocycles. The third-order valence-electron chi connectivity index (χ3n) is 4.53. The van der Waals surface area contributed by atoms with Crippen LogP contribution in [0.4, 0.5) is 11.4 Å². The molecular formula is C24H22N2O3. The first-order valence-electron chi connectivity index (χ1n) is 9.39. The molecule has 2 amide bonds. The van der Waals surface area contributed by atoms with Gasteiger partial charge in [-0.1, -0.05) is 36.4 Å². The monoisotopic (exact) mass is 386 g/mol. The van der Waals surface area contributed by atoms with Crippen LogP contribution in [0.15, 0.2) is 78.9 Å². The number of amides is 2. The van der Waals surface area contributed by atoms with E-state index in [1.165, 1.54) is 6.92 Å². The van der Waals surface area contributed by atoms with E-state index in [0.29, 0.717) is 28.9 Å². The summed E-state index contributed by atoms with van der Waals surface area (Å²) in [6.45, 7) is 3.89. The van der Waals surface area contributed by atoms with Gasteiger partial charge in [0.2, 0.25) is 0 Å². The fourth-order valence-electron chi connectivity index (χ4n) is 3.02. The molecule has 0 radical (unpaired) electrons. The zero-order valence-electron chi connectivity index (χ0n) is 16.4. The standard InChI is InChI=1S/C24H22N2O3/c1-3-26(22-13-5-4-6-14-22)24(29)20-11-7-10-19(15-20)23(28)25-21-12-8-9-18(16-21)17(2)27/h4-16H,3H2,1-2H3,(H,25,28). The number of hydrogen-bond donors (Lipinski definition) is 1. The minimum Gasteiger partial charge on any atom is -0.322 e. The lowest BCUT2D eigenvalue weighted by atomic mass is 10.1. The van der Waals surface area contributed by atoms with Gasteiger partial charge in [-0.05, 0) is 56.3 Å². The van der Waals surface area contributed by atoms with E-state index < -0.39 is 0 Å². The Morgan fingerprint density at radius 1 is 0.793 bits per heavy atom. The number of anilines is 2. The van der Waals surface area contributed by atoms with Crippen LogP contribution in [0.3, 0.4) is 0 Å². The highest BCUT2D eigenvalue weighted by molar-refractivity contribution is 6.09. The summed E-state index contributed by atoms with van der Waals surface area (Å²) in [6, 6.07) is 22.8. The fraction of sp³-hybridized carbons (Fsp3) is 0.125. The van der Waals surface area contributed by atoms with E-state index in [4.69, 9.17) is 0 Å². The molecule has 1 N–H and O–H groups in total. The van der Waals surface area contributed by atoms with Crippen LogP contribution in [-0.4, -0.2) is 24.1 Å². The normalized spacial score (nSPS) is 10.3. The molecular weight excluding hydrogens is 364 g/mol. The zero-order chi connectivity index (χ0) is 20.8. The number of Topliss-reactive ketones (excluding diaryl/α,β-unsaturated/α-hetero) is 1. The van der Waals surface area contributed by atoms with E-state index in [-0.39, 0.29) is 17.6 Å². The maximum atomic E-state index is 13.0. The van der Waals surface area contributed by atoms with E-state index >= 15 is 0 Å². The molecule has 3 aromatic carbocycles. The van der Waals surface area contributed by atoms with Crippen molar-refractivity contribution in [3.05, 3.63) is 95.6 Å². The van der Waals surface area contributed by atoms with Crippen molar-refractivity contribution >= 4 is 29.0 Å². The van der Waals surface area contributed by atoms with Crippen molar-refractivity contribution in [1.29, 1.82) is 0 Å². The first kappa shape index (κ1) is 20.0. The van der Waals surface area contributed by atoms with E-state index in [9.17, 15) is 14.4 Å². The van der Waals surface area contributed by atoms with Gasteiger partial charge in [-0.3, -0.25) is 14.4 Å². The second-order valence-corrected chi connectivity index (χ2v) is 6.56. The van der Waals surface area contributed by atoms with Gasteiger partial charge < -0.3 is 10.2 Å². The van der Waals surface area contributed by atoms with Gasteiger partial charge in [0.25, 0.3) is 11.8 Å². The molecule has 0 aliphatic heterocycles. The lowest BCUT2D eigenvalue weighted by Crippen LogP contribution is -2.30. The van der Waals surface area contributed by atoms with Crippen molar-refractivity contribution < 1.29 is 14.4 Å². The largest absolute Gasteiger partial charge is 0.322 e. The molecule has 3 rings (SSSR count). The summed E-state index contributed by atoms with van der Waals surface area (Å²) in [5.74, 6) is -0.593. The Labute approximate surface area is 170 Å². The average Bonchev–Trinajstić information content (AvgIpc) is 2.75. The minimum absolute atomic E-state index is 0.0748. The van der Waals surface area contributed by atoms with Crippen LogP contribution >= 0.6 is 0 Å². The Bertz CT molecular complexity index is 1040. The SMILES string of the molecule is CCN(C(=O)c1cccc(C(=O)Nc2cccc(C(C)=O)c2)c1)c1ccccc1. The van der Waals surface area contributed by atoms with Crippen LogP contribution in [-0.2, 0) is 0 Å². The second kappa shape index (κ2) is 8.97. The summed E-state index contributed by atoms with van der Waals surface area (Å²) >= 11 is 0. The van der Waals surface area contributed by atoms with E-state index in [1.54, 1.807) is 53.4 Å². The van der Waals surface area contributed by atoms with Gasteiger partial charge in [0.1, 0.15) is 0 Å². The predicted octanol–water partition coefficient (Wildman–Crippen LogP) is 4.81. The van der Waals surface area contributed by atoms with Crippen molar-refractivity contribution in [1.82, 2.24) is 0 Å². The molecule has 3 aromatic rings. The number of para-hydroxylation sites is 1. The number of nitrogens with zero attached hydrogens (tertiary/aromatic N) is 1. The van der Waals surface area contributed by atoms with Crippen LogP contribution in [0.2, 0.25) is 0 Å². The highest BCUT2D eigenvalue weighted by Gasteiger charge is 2.17. The Morgan fingerprint density at radius 3 is 2.14 bits per heavy atom. The summed E-state index contributed by atoms with van der Waals surface area (Å²) in [5, 5.41) is 2.78. The Morgan fingerprint density at radius 2 is 1.45 bits per heavy atom. The summed E-state index contributed by atoms with van der Waals surface area (Å²) in [5.41, 5.74) is 2.65. The van der Waals surface area contributed by atoms with Crippen molar-refractivity contribution in [3.63, 3.8) is 0 Å². The quantitative estimate of drug-likeness (QED) is 0.618. The highest BCUT2D eigenvalue weighted by Crippen LogP contribution is 2.18. The number of carbonyl (C=O) groups is 3. The number of carbonyl (C=O) groups excluding carboxylic acids is 3. The number of benzene rings is 3. The van der Waals surface area contributed by atoms with Gasteiger partial charge in [0.05, 0.1) is 0 Å². The summed E-state index contributed by atoms with van der Waals surface area (Å²) in [6.07, 6.45) is 0. The molecule has 0 bridgehead atoms. The minimum atomic E-state index is -0.344. The molecule has 0 aromatic heterocycles. The van der Waals surface area contributed by atoms with Gasteiger partial charge in [-0.25, -0.2) is 0 Å². The second-order valence-electron chi connectivity index (χ2n) is 6.56. The maximum Gasteiger partial charge on any atom is 0.258 e. The topological polar surface area (TPSA) is 66.5 Å². The Kier molecular flexibility index (Phi) is 6.19. The highest BCUT2D eigenvalue weighted by atomic mass is 16.2. The predicted molar refractivity (Wildman–Crippen MR) is 115 cm³/mol. The van der Waals surface area contributed by atoms with Crippen LogP contribution < -0.4 is 10.2 Å². The number of nitrogens with one attached hydrogen (secondary N) is 1. The molecule has 0 fully saturated rings. The lowest BCUT2D eigenvalue weighted by molar-refractivity contribution is 0.0986. The first-order valence-corrected chi connectivity index (χ1v) is 9.39. The van der Waals surface area contributed by atoms with E-state index in [1.807, 2.05) is 37.3 Å². The molecule has 5 heteroatoms. The van der Waals surface area contributed by atoms with Crippen molar-refractivity contribution in [2.75, 3.05) is 16.8 Å². The molecule has 0 saturated carbocycles. The third kappa shape index (κ3) is 4.76. The molecule has 0 heterocycles. The number of ketones is 1. The summed E-state index contributed by atoms with van der Waals surface area (Å²) in [4.78, 5) is 38.8. The molecule has 29 heavy (non-hydrogen) atoms. The Hall–Kier alpha value is -3.73. The van der Waals surface area contributed by atoms with Crippen molar-refractivity contribution in [2.24, 2.45) is 0 Å². The van der Waals surface area contributed by atoms with Gasteiger partial charge in [0.15, 0.2) is 5.78 Å². The van der Waals surface area contributed by atoms with Gasteiger partial charge in [0, 0.05) is 34.6 Å². The lowest BCUT2D eigenvalue weighted by Gasteiger charge is -2.21. The van der Waals surface area contributed by atoms with Crippen molar-refractivity contribution in [2.45, 2.75) is 13.8 Å². The third-order valence-corrected chi connectivity index (χ3v) is 4.53. The molecule has 0 aliphatic rings. The molecule has 146 valence electrons. The Balaban J connectivity index is 1.81. The molecule has 5 nitrogen and oxygen atoms in total. The summed E-state index contributed by atoms with van der Waals surface area (Å²) in [7, 11) is 0. The summed E-state index contributed by atoms with van der Waals surface area (Å²) < 4.78 is 0. The van der Waals surface area contributed by atoms with Crippen LogP contribution in [0, 0.1) is 0 Å². The molecule has 0 aliphatic carbocycles. The molecule has 0 spiro atoms. The molecule has 0 unspecified atom stereocenters. The maximum absolute atomic E-state index is 13.0. The smallest absolute Gasteiger partial charge is 0.258 e. The fourth-order valence-corrected chi connectivity index (χ4v) is 3.02. The number of rotatable bonds is 6. The molecule has 0 atom stereocenters. The van der Waals surface area contributed by atoms with Gasteiger partial charge in [-0.2, -0.15) is 0 Å². The van der Waals surface area contributed by atoms with Crippen LogP contribution in [0.5, 0.6) is 0 Å². The van der Waals surface area contributed by atoms with E-state index in [2.05, 4.69) is 5.32 Å².